The summed E-state index contributed by atoms with van der Waals surface area (Å²) in [5, 5.41) is 17.6. The molecule has 1 aliphatic rings. The van der Waals surface area contributed by atoms with Gasteiger partial charge in [-0.2, -0.15) is 0 Å². The number of likely N-dealkylation sites (N-methyl/N-ethyl adjacent to an activating group) is 2. The second-order valence-electron chi connectivity index (χ2n) is 15.6. The number of benzene rings is 1. The first-order valence-electron chi connectivity index (χ1n) is 18.8. The number of carbonyl (C=O) groups is 5. The summed E-state index contributed by atoms with van der Waals surface area (Å²) in [7, 11) is 6.77. The van der Waals surface area contributed by atoms with Crippen LogP contribution in [0.2, 0.25) is 0 Å². The lowest BCUT2D eigenvalue weighted by molar-refractivity contribution is -0.142. The zero-order chi connectivity index (χ0) is 40.5. The number of thiazole rings is 1. The van der Waals surface area contributed by atoms with E-state index in [4.69, 9.17) is 10.5 Å². The van der Waals surface area contributed by atoms with Crippen molar-refractivity contribution in [2.75, 3.05) is 40.5 Å². The molecule has 54 heavy (non-hydrogen) atoms. The van der Waals surface area contributed by atoms with Crippen molar-refractivity contribution in [3.8, 4) is 0 Å². The van der Waals surface area contributed by atoms with Gasteiger partial charge in [0.15, 0.2) is 6.10 Å². The van der Waals surface area contributed by atoms with E-state index in [-0.39, 0.29) is 42.2 Å². The number of anilines is 1. The number of hydrogen-bond donors (Lipinski definition) is 4. The molecule has 4 amide bonds. The molecule has 2 heterocycles. The number of aliphatic carboxylic acids is 1. The van der Waals surface area contributed by atoms with Gasteiger partial charge >= 0.3 is 12.1 Å². The van der Waals surface area contributed by atoms with Crippen LogP contribution in [0, 0.1) is 17.8 Å². The Balaban J connectivity index is 1.88. The van der Waals surface area contributed by atoms with Crippen LogP contribution in [-0.4, -0.2) is 113 Å². The van der Waals surface area contributed by atoms with Gasteiger partial charge < -0.3 is 36.0 Å². The van der Waals surface area contributed by atoms with Gasteiger partial charge in [0.1, 0.15) is 16.7 Å². The Bertz CT molecular complexity index is 1600. The zero-order valence-electron chi connectivity index (χ0n) is 33.5. The number of hydrogen-bond acceptors (Lipinski definition) is 10. The first-order valence-corrected chi connectivity index (χ1v) is 19.7. The lowest BCUT2D eigenvalue weighted by Crippen LogP contribution is -2.60. The third-order valence-corrected chi connectivity index (χ3v) is 11.8. The van der Waals surface area contributed by atoms with Crippen molar-refractivity contribution >= 4 is 46.8 Å². The maximum absolute atomic E-state index is 14.3. The SMILES string of the molecule is CC[C@H](C)[C@H](NC(=O)[C@@]1(C)CCCN1C)C(=O)N(C)[C@H](C[C@@H](OC(=O)N(C)C)c1nc(C(=O)N[C@@H](Cc2ccc(N)cc2)C[C@H](C)C(=O)O)cs1)C(C)C. The standard InChI is InChI=1S/C39H61N7O7S/c1-11-24(4)32(43-37(51)39(6)17-12-18-45(39)9)35(48)46(10)30(23(2)3)21-31(53-38(52)44(7)8)34-42-29(22-54-34)33(47)41-28(19-25(5)36(49)50)20-26-13-15-27(40)16-14-26/h13-16,22-25,28,30-32H,11-12,17-21,40H2,1-10H3,(H,41,47)(H,43,51)(H,49,50)/t24-,25-,28+,30+,31+,32-,39+/m0/s1. The number of nitrogens with two attached hydrogens (primary N) is 1. The number of rotatable bonds is 18. The Morgan fingerprint density at radius 2 is 1.70 bits per heavy atom. The van der Waals surface area contributed by atoms with Gasteiger partial charge in [-0.3, -0.25) is 24.1 Å². The first-order chi connectivity index (χ1) is 25.3. The van der Waals surface area contributed by atoms with E-state index < -0.39 is 53.7 Å². The van der Waals surface area contributed by atoms with E-state index in [1.54, 1.807) is 50.5 Å². The van der Waals surface area contributed by atoms with E-state index in [0.29, 0.717) is 30.0 Å². The number of ether oxygens (including phenoxy) is 1. The minimum atomic E-state index is -0.968. The van der Waals surface area contributed by atoms with Crippen molar-refractivity contribution in [2.24, 2.45) is 17.8 Å². The summed E-state index contributed by atoms with van der Waals surface area (Å²) in [5.74, 6) is -2.80. The highest BCUT2D eigenvalue weighted by Gasteiger charge is 2.44. The third-order valence-electron chi connectivity index (χ3n) is 10.8. The van der Waals surface area contributed by atoms with Gasteiger partial charge in [-0.05, 0) is 75.7 Å². The molecule has 0 unspecified atom stereocenters. The van der Waals surface area contributed by atoms with E-state index in [1.807, 2.05) is 58.7 Å². The van der Waals surface area contributed by atoms with Crippen LogP contribution in [0.1, 0.15) is 101 Å². The molecular formula is C39H61N7O7S. The van der Waals surface area contributed by atoms with Crippen LogP contribution in [-0.2, 0) is 25.5 Å². The molecular weight excluding hydrogens is 711 g/mol. The van der Waals surface area contributed by atoms with Crippen molar-refractivity contribution in [1.82, 2.24) is 30.3 Å². The van der Waals surface area contributed by atoms with Crippen molar-refractivity contribution in [1.29, 1.82) is 0 Å². The second-order valence-corrected chi connectivity index (χ2v) is 16.5. The molecule has 7 atom stereocenters. The summed E-state index contributed by atoms with van der Waals surface area (Å²) < 4.78 is 5.95. The molecule has 15 heteroatoms. The Labute approximate surface area is 324 Å². The lowest BCUT2D eigenvalue weighted by atomic mass is 9.91. The molecule has 1 aromatic heterocycles. The number of nitrogen functional groups attached to an aromatic ring is 1. The Morgan fingerprint density at radius 3 is 2.24 bits per heavy atom. The van der Waals surface area contributed by atoms with Gasteiger partial charge in [-0.25, -0.2) is 9.78 Å². The molecule has 0 spiro atoms. The molecule has 0 radical (unpaired) electrons. The number of carboxylic acid groups (broad SMARTS) is 1. The largest absolute Gasteiger partial charge is 0.481 e. The molecule has 3 rings (SSSR count). The fraction of sp³-hybridized carbons (Fsp3) is 0.641. The first kappa shape index (κ1) is 44.2. The molecule has 14 nitrogen and oxygen atoms in total. The predicted octanol–water partition coefficient (Wildman–Crippen LogP) is 4.80. The average Bonchev–Trinajstić information content (AvgIpc) is 3.75. The van der Waals surface area contributed by atoms with Crippen molar-refractivity contribution in [2.45, 2.75) is 110 Å². The monoisotopic (exact) mass is 771 g/mol. The highest BCUT2D eigenvalue weighted by atomic mass is 32.1. The molecule has 1 aliphatic heterocycles. The van der Waals surface area contributed by atoms with Crippen molar-refractivity contribution in [3.63, 3.8) is 0 Å². The highest BCUT2D eigenvalue weighted by Crippen LogP contribution is 2.32. The Morgan fingerprint density at radius 1 is 1.06 bits per heavy atom. The number of carboxylic acids is 1. The van der Waals surface area contributed by atoms with Gasteiger partial charge in [0.25, 0.3) is 5.91 Å². The molecule has 1 aromatic carbocycles. The number of aromatic nitrogens is 1. The number of carbonyl (C=O) groups excluding carboxylic acids is 4. The van der Waals surface area contributed by atoms with E-state index in [9.17, 15) is 29.1 Å². The van der Waals surface area contributed by atoms with Crippen LogP contribution in [0.3, 0.4) is 0 Å². The highest BCUT2D eigenvalue weighted by molar-refractivity contribution is 7.09. The quantitative estimate of drug-likeness (QED) is 0.153. The third kappa shape index (κ3) is 11.4. The molecule has 1 fully saturated rings. The van der Waals surface area contributed by atoms with Gasteiger partial charge in [0.2, 0.25) is 11.8 Å². The fourth-order valence-corrected chi connectivity index (χ4v) is 7.57. The summed E-state index contributed by atoms with van der Waals surface area (Å²) in [6.45, 7) is 12.2. The van der Waals surface area contributed by atoms with Crippen LogP contribution in [0.25, 0.3) is 0 Å². The maximum atomic E-state index is 14.3. The molecule has 5 N–H and O–H groups in total. The summed E-state index contributed by atoms with van der Waals surface area (Å²) >= 11 is 1.16. The summed E-state index contributed by atoms with van der Waals surface area (Å²) in [5.41, 5.74) is 6.72. The second kappa shape index (κ2) is 19.4. The van der Waals surface area contributed by atoms with E-state index in [1.165, 1.54) is 4.90 Å². The molecule has 0 saturated carbocycles. The van der Waals surface area contributed by atoms with Crippen LogP contribution >= 0.6 is 11.3 Å². The Hall–Kier alpha value is -4.24. The fourth-order valence-electron chi connectivity index (χ4n) is 6.73. The lowest BCUT2D eigenvalue weighted by Gasteiger charge is -2.38. The number of nitrogens with one attached hydrogen (secondary N) is 2. The van der Waals surface area contributed by atoms with Gasteiger partial charge in [-0.1, -0.05) is 53.2 Å². The minimum absolute atomic E-state index is 0.0840. The van der Waals surface area contributed by atoms with Crippen LogP contribution in [0.15, 0.2) is 29.6 Å². The van der Waals surface area contributed by atoms with Crippen LogP contribution in [0.4, 0.5) is 10.5 Å². The number of amides is 4. The maximum Gasteiger partial charge on any atom is 0.409 e. The summed E-state index contributed by atoms with van der Waals surface area (Å²) in [6.07, 6.45) is 1.52. The molecule has 300 valence electrons. The summed E-state index contributed by atoms with van der Waals surface area (Å²) in [4.78, 5) is 75.8. The normalized spacial score (nSPS) is 19.2. The van der Waals surface area contributed by atoms with Crippen molar-refractivity contribution in [3.05, 3.63) is 45.9 Å². The zero-order valence-corrected chi connectivity index (χ0v) is 34.4. The van der Waals surface area contributed by atoms with Crippen molar-refractivity contribution < 1.29 is 33.8 Å². The van der Waals surface area contributed by atoms with Crippen LogP contribution < -0.4 is 16.4 Å². The molecule has 0 aliphatic carbocycles. The summed E-state index contributed by atoms with van der Waals surface area (Å²) in [6, 6.07) is 5.47. The van der Waals surface area contributed by atoms with E-state index in [0.717, 1.165) is 29.9 Å². The molecule has 0 bridgehead atoms. The van der Waals surface area contributed by atoms with Gasteiger partial charge in [0.05, 0.1) is 11.5 Å². The van der Waals surface area contributed by atoms with Gasteiger partial charge in [0, 0.05) is 50.7 Å². The van der Waals surface area contributed by atoms with E-state index in [2.05, 4.69) is 15.6 Å². The van der Waals surface area contributed by atoms with E-state index >= 15 is 0 Å². The topological polar surface area (TPSA) is 188 Å². The number of nitrogens with zero attached hydrogens (tertiary/aromatic N) is 4. The number of likely N-dealkylation sites (tertiary alicyclic amines) is 1. The van der Waals surface area contributed by atoms with Crippen LogP contribution in [0.5, 0.6) is 0 Å². The predicted molar refractivity (Wildman–Crippen MR) is 210 cm³/mol. The molecule has 1 saturated heterocycles. The average molecular weight is 772 g/mol. The smallest absolute Gasteiger partial charge is 0.409 e. The Kier molecular flexibility index (Phi) is 15.8. The minimum Gasteiger partial charge on any atom is -0.481 e. The molecule has 2 aromatic rings. The van der Waals surface area contributed by atoms with Gasteiger partial charge in [-0.15, -0.1) is 11.3 Å².